The molecule has 0 amide bonds. The topological polar surface area (TPSA) is 85.2 Å². The van der Waals surface area contributed by atoms with Crippen LogP contribution in [0.3, 0.4) is 0 Å². The van der Waals surface area contributed by atoms with Gasteiger partial charge in [-0.1, -0.05) is 6.92 Å². The van der Waals surface area contributed by atoms with Gasteiger partial charge >= 0.3 is 12.1 Å². The average molecular weight is 371 g/mol. The van der Waals surface area contributed by atoms with E-state index in [1.807, 2.05) is 0 Å². The number of aromatic carboxylic acids is 1. The molecule has 0 unspecified atom stereocenters. The number of ether oxygens (including phenoxy) is 1. The van der Waals surface area contributed by atoms with Crippen LogP contribution in [0.1, 0.15) is 23.8 Å². The Hall–Kier alpha value is -3.42. The number of hydrogen-bond donors (Lipinski definition) is 1. The van der Waals surface area contributed by atoms with Gasteiger partial charge in [0.25, 0.3) is 0 Å². The third-order valence-corrected chi connectivity index (χ3v) is 3.69. The van der Waals surface area contributed by atoms with Gasteiger partial charge in [0, 0.05) is 29.9 Å². The fraction of sp³-hybridized carbons (Fsp3) is 0.158. The molecular formula is C19H15F2N3O3. The van der Waals surface area contributed by atoms with Crippen LogP contribution in [0.15, 0.2) is 54.9 Å². The number of hydrogen-bond acceptors (Lipinski definition) is 5. The van der Waals surface area contributed by atoms with Crippen LogP contribution in [-0.4, -0.2) is 32.1 Å². The second-order valence-electron chi connectivity index (χ2n) is 5.63. The van der Waals surface area contributed by atoms with Gasteiger partial charge < -0.3 is 9.84 Å². The predicted molar refractivity (Wildman–Crippen MR) is 93.5 cm³/mol. The van der Waals surface area contributed by atoms with Crippen molar-refractivity contribution in [3.63, 3.8) is 0 Å². The van der Waals surface area contributed by atoms with E-state index in [0.29, 0.717) is 16.8 Å². The second-order valence-corrected chi connectivity index (χ2v) is 5.63. The Morgan fingerprint density at radius 1 is 1.15 bits per heavy atom. The molecule has 0 atom stereocenters. The van der Waals surface area contributed by atoms with Crippen molar-refractivity contribution in [3.05, 3.63) is 60.6 Å². The third kappa shape index (κ3) is 4.41. The summed E-state index contributed by atoms with van der Waals surface area (Å²) in [6, 6.07) is 10.5. The van der Waals surface area contributed by atoms with Gasteiger partial charge in [0.1, 0.15) is 5.75 Å². The number of aromatic nitrogens is 3. The molecule has 0 bridgehead atoms. The second kappa shape index (κ2) is 7.45. The van der Waals surface area contributed by atoms with Crippen molar-refractivity contribution in [3.8, 4) is 28.4 Å². The fourth-order valence-electron chi connectivity index (χ4n) is 2.27. The third-order valence-electron chi connectivity index (χ3n) is 3.69. The number of benzene rings is 1. The number of carboxylic acid groups (broad SMARTS) is 1. The van der Waals surface area contributed by atoms with E-state index in [4.69, 9.17) is 0 Å². The molecule has 0 saturated heterocycles. The highest BCUT2D eigenvalue weighted by molar-refractivity contribution is 5.87. The number of alkyl halides is 2. The average Bonchev–Trinajstić information content (AvgIpc) is 2.68. The van der Waals surface area contributed by atoms with Crippen LogP contribution in [0.4, 0.5) is 8.78 Å². The molecule has 3 rings (SSSR count). The molecule has 0 spiro atoms. The summed E-state index contributed by atoms with van der Waals surface area (Å²) in [6.45, 7) is 1.32. The number of nitrogens with zero attached hydrogens (tertiary/aromatic N) is 3. The van der Waals surface area contributed by atoms with Crippen LogP contribution in [0, 0.1) is 0 Å². The number of carboxylic acids is 1. The van der Waals surface area contributed by atoms with Crippen molar-refractivity contribution >= 4 is 5.97 Å². The summed E-state index contributed by atoms with van der Waals surface area (Å²) in [5.41, 5.74) is 1.26. The molecule has 2 heterocycles. The molecule has 3 aromatic rings. The Bertz CT molecular complexity index is 948. The molecule has 0 fully saturated rings. The molecule has 0 radical (unpaired) electrons. The molecule has 0 saturated carbocycles. The van der Waals surface area contributed by atoms with Crippen LogP contribution in [0.5, 0.6) is 5.75 Å². The maximum Gasteiger partial charge on any atom is 0.397 e. The van der Waals surface area contributed by atoms with Gasteiger partial charge in [-0.15, -0.1) is 0 Å². The maximum atomic E-state index is 13.3. The number of halogens is 2. The number of carbonyl (C=O) groups is 1. The van der Waals surface area contributed by atoms with E-state index in [-0.39, 0.29) is 17.3 Å². The van der Waals surface area contributed by atoms with Crippen molar-refractivity contribution in [1.29, 1.82) is 0 Å². The Morgan fingerprint density at radius 2 is 1.89 bits per heavy atom. The van der Waals surface area contributed by atoms with E-state index in [9.17, 15) is 18.7 Å². The Balaban J connectivity index is 1.98. The summed E-state index contributed by atoms with van der Waals surface area (Å²) in [6.07, 6.45) is -0.595. The van der Waals surface area contributed by atoms with Gasteiger partial charge in [0.05, 0.1) is 5.69 Å². The summed E-state index contributed by atoms with van der Waals surface area (Å²) >= 11 is 0. The normalized spacial score (nSPS) is 11.2. The van der Waals surface area contributed by atoms with E-state index in [2.05, 4.69) is 19.7 Å². The van der Waals surface area contributed by atoms with Crippen LogP contribution >= 0.6 is 0 Å². The number of rotatable bonds is 6. The molecule has 6 nitrogen and oxygen atoms in total. The lowest BCUT2D eigenvalue weighted by atomic mass is 10.1. The first-order valence-corrected chi connectivity index (χ1v) is 8.08. The zero-order chi connectivity index (χ0) is 19.4. The van der Waals surface area contributed by atoms with Crippen LogP contribution < -0.4 is 4.74 Å². The van der Waals surface area contributed by atoms with Gasteiger partial charge in [-0.25, -0.2) is 14.8 Å². The minimum atomic E-state index is -3.25. The van der Waals surface area contributed by atoms with Crippen molar-refractivity contribution in [2.24, 2.45) is 0 Å². The first kappa shape index (κ1) is 18.4. The van der Waals surface area contributed by atoms with E-state index in [1.54, 1.807) is 18.3 Å². The molecule has 2 aromatic heterocycles. The van der Waals surface area contributed by atoms with E-state index >= 15 is 0 Å². The predicted octanol–water partition coefficient (Wildman–Crippen LogP) is 4.29. The van der Waals surface area contributed by atoms with E-state index < -0.39 is 18.5 Å². The fourth-order valence-corrected chi connectivity index (χ4v) is 2.27. The highest BCUT2D eigenvalue weighted by Crippen LogP contribution is 2.28. The lowest BCUT2D eigenvalue weighted by Gasteiger charge is -2.16. The molecular weight excluding hydrogens is 356 g/mol. The Labute approximate surface area is 153 Å². The monoisotopic (exact) mass is 371 g/mol. The Morgan fingerprint density at radius 3 is 2.48 bits per heavy atom. The highest BCUT2D eigenvalue weighted by atomic mass is 19.3. The summed E-state index contributed by atoms with van der Waals surface area (Å²) in [5, 5.41) is 9.32. The molecule has 8 heteroatoms. The minimum absolute atomic E-state index is 0.00518. The van der Waals surface area contributed by atoms with Gasteiger partial charge in [-0.2, -0.15) is 8.78 Å². The number of pyridine rings is 1. The molecule has 138 valence electrons. The first-order valence-electron chi connectivity index (χ1n) is 8.08. The zero-order valence-electron chi connectivity index (χ0n) is 14.3. The molecule has 1 N–H and O–H groups in total. The molecule has 1 aromatic carbocycles. The van der Waals surface area contributed by atoms with Gasteiger partial charge in [0.15, 0.2) is 11.5 Å². The quantitative estimate of drug-likeness (QED) is 0.696. The van der Waals surface area contributed by atoms with Gasteiger partial charge in [0.2, 0.25) is 0 Å². The summed E-state index contributed by atoms with van der Waals surface area (Å²) in [7, 11) is 0. The smallest absolute Gasteiger partial charge is 0.397 e. The Kier molecular flexibility index (Phi) is 5.07. The lowest BCUT2D eigenvalue weighted by molar-refractivity contribution is -0.177. The molecule has 0 aliphatic carbocycles. The largest absolute Gasteiger partial charge is 0.477 e. The first-order chi connectivity index (χ1) is 12.9. The highest BCUT2D eigenvalue weighted by Gasteiger charge is 2.28. The molecule has 0 aliphatic heterocycles. The summed E-state index contributed by atoms with van der Waals surface area (Å²) in [4.78, 5) is 23.8. The zero-order valence-corrected chi connectivity index (χ0v) is 14.3. The molecule has 27 heavy (non-hydrogen) atoms. The van der Waals surface area contributed by atoms with Crippen molar-refractivity contribution in [2.45, 2.75) is 19.5 Å². The van der Waals surface area contributed by atoms with Crippen molar-refractivity contribution in [1.82, 2.24) is 15.0 Å². The SMILES string of the molecule is CCC(F)(F)Oc1ccc(-c2cc(C(=O)O)nc(-c3cccnc3)n2)cc1. The van der Waals surface area contributed by atoms with Crippen molar-refractivity contribution in [2.75, 3.05) is 0 Å². The van der Waals surface area contributed by atoms with E-state index in [0.717, 1.165) is 0 Å². The molecule has 0 aliphatic rings. The van der Waals surface area contributed by atoms with Gasteiger partial charge in [-0.05, 0) is 42.5 Å². The van der Waals surface area contributed by atoms with Gasteiger partial charge in [-0.3, -0.25) is 4.98 Å². The summed E-state index contributed by atoms with van der Waals surface area (Å²) < 4.78 is 31.3. The lowest BCUT2D eigenvalue weighted by Crippen LogP contribution is -2.22. The summed E-state index contributed by atoms with van der Waals surface area (Å²) in [5.74, 6) is -0.993. The van der Waals surface area contributed by atoms with Crippen LogP contribution in [0.2, 0.25) is 0 Å². The maximum absolute atomic E-state index is 13.3. The standard InChI is InChI=1S/C19H15F2N3O3/c1-2-19(20,21)27-14-7-5-12(6-8-14)15-10-16(18(25)26)24-17(23-15)13-4-3-9-22-11-13/h3-11H,2H2,1H3,(H,25,26). The minimum Gasteiger partial charge on any atom is -0.477 e. The van der Waals surface area contributed by atoms with E-state index in [1.165, 1.54) is 43.5 Å². The van der Waals surface area contributed by atoms with Crippen molar-refractivity contribution < 1.29 is 23.4 Å². The van der Waals surface area contributed by atoms with Crippen LogP contribution in [-0.2, 0) is 0 Å². The van der Waals surface area contributed by atoms with Crippen LogP contribution in [0.25, 0.3) is 22.6 Å².